The van der Waals surface area contributed by atoms with Gasteiger partial charge < -0.3 is 9.53 Å². The van der Waals surface area contributed by atoms with Gasteiger partial charge in [0, 0.05) is 0 Å². The number of para-hydroxylation sites is 1. The summed E-state index contributed by atoms with van der Waals surface area (Å²) in [5, 5.41) is 0. The maximum Gasteiger partial charge on any atom is 0.130 e. The first-order valence-corrected chi connectivity index (χ1v) is 6.92. The van der Waals surface area contributed by atoms with Crippen molar-refractivity contribution in [1.82, 2.24) is 0 Å². The normalized spacial score (nSPS) is 13.5. The van der Waals surface area contributed by atoms with Gasteiger partial charge in [-0.25, -0.2) is 0 Å². The maximum absolute atomic E-state index is 11.7. The fourth-order valence-corrected chi connectivity index (χ4v) is 2.37. The maximum atomic E-state index is 11.7. The third-order valence-electron chi connectivity index (χ3n) is 3.52. The molecule has 0 aliphatic carbocycles. The Hall–Kier alpha value is -2.09. The molecular formula is C18H20O2. The van der Waals surface area contributed by atoms with Gasteiger partial charge in [0.05, 0.1) is 12.0 Å². The number of hydrogen-bond acceptors (Lipinski definition) is 2. The predicted molar refractivity (Wildman–Crippen MR) is 81.2 cm³/mol. The zero-order valence-electron chi connectivity index (χ0n) is 12.0. The van der Waals surface area contributed by atoms with Crippen LogP contribution in [0, 0.1) is 0 Å². The van der Waals surface area contributed by atoms with Crippen LogP contribution >= 0.6 is 0 Å². The molecule has 0 aromatic heterocycles. The average molecular weight is 268 g/mol. The average Bonchev–Trinajstić information content (AvgIpc) is 2.50. The van der Waals surface area contributed by atoms with E-state index in [0.29, 0.717) is 13.0 Å². The first kappa shape index (κ1) is 14.3. The van der Waals surface area contributed by atoms with Gasteiger partial charge in [-0.2, -0.15) is 0 Å². The number of carbonyl (C=O) groups excluding carboxylic acids is 1. The monoisotopic (exact) mass is 268 g/mol. The van der Waals surface area contributed by atoms with Crippen molar-refractivity contribution in [3.63, 3.8) is 0 Å². The van der Waals surface area contributed by atoms with Gasteiger partial charge in [-0.1, -0.05) is 48.5 Å². The van der Waals surface area contributed by atoms with E-state index in [-0.39, 0.29) is 0 Å². The highest BCUT2D eigenvalue weighted by Crippen LogP contribution is 2.30. The van der Waals surface area contributed by atoms with E-state index in [1.54, 1.807) is 0 Å². The number of rotatable bonds is 6. The highest BCUT2D eigenvalue weighted by molar-refractivity contribution is 5.69. The van der Waals surface area contributed by atoms with E-state index >= 15 is 0 Å². The zero-order chi connectivity index (χ0) is 14.4. The molecule has 1 atom stereocenters. The van der Waals surface area contributed by atoms with Crippen molar-refractivity contribution in [2.45, 2.75) is 25.7 Å². The third-order valence-corrected chi connectivity index (χ3v) is 3.52. The van der Waals surface area contributed by atoms with Gasteiger partial charge in [0.15, 0.2) is 0 Å². The Labute approximate surface area is 120 Å². The number of aldehydes is 1. The number of benzene rings is 2. The molecule has 0 radical (unpaired) electrons. The van der Waals surface area contributed by atoms with Gasteiger partial charge in [-0.05, 0) is 37.5 Å². The molecule has 2 heteroatoms. The van der Waals surface area contributed by atoms with Crippen molar-refractivity contribution >= 4 is 6.29 Å². The first-order chi connectivity index (χ1) is 9.69. The lowest BCUT2D eigenvalue weighted by molar-refractivity contribution is -0.112. The van der Waals surface area contributed by atoms with Crippen LogP contribution in [-0.4, -0.2) is 12.9 Å². The van der Waals surface area contributed by atoms with Gasteiger partial charge in [-0.15, -0.1) is 0 Å². The van der Waals surface area contributed by atoms with Crippen molar-refractivity contribution in [3.05, 3.63) is 65.7 Å². The third kappa shape index (κ3) is 3.08. The van der Waals surface area contributed by atoms with Gasteiger partial charge in [0.25, 0.3) is 0 Å². The number of carbonyl (C=O) groups is 1. The fourth-order valence-electron chi connectivity index (χ4n) is 2.37. The van der Waals surface area contributed by atoms with Crippen molar-refractivity contribution in [3.8, 4) is 5.75 Å². The molecule has 2 aromatic carbocycles. The lowest BCUT2D eigenvalue weighted by atomic mass is 9.78. The minimum atomic E-state index is -0.533. The molecule has 0 bridgehead atoms. The second kappa shape index (κ2) is 6.38. The summed E-state index contributed by atoms with van der Waals surface area (Å²) in [5.74, 6) is 0.860. The molecule has 2 rings (SSSR count). The predicted octanol–water partition coefficient (Wildman–Crippen LogP) is 3.78. The fraction of sp³-hybridized carbons (Fsp3) is 0.278. The molecule has 0 saturated heterocycles. The highest BCUT2D eigenvalue weighted by atomic mass is 16.5. The summed E-state index contributed by atoms with van der Waals surface area (Å²) in [6.45, 7) is 4.56. The quantitative estimate of drug-likeness (QED) is 0.745. The van der Waals surface area contributed by atoms with Crippen LogP contribution in [0.4, 0.5) is 0 Å². The molecule has 0 fully saturated rings. The Morgan fingerprint density at radius 3 is 2.35 bits per heavy atom. The molecule has 0 amide bonds. The molecule has 0 spiro atoms. The topological polar surface area (TPSA) is 26.3 Å². The second-order valence-electron chi connectivity index (χ2n) is 5.12. The van der Waals surface area contributed by atoms with Gasteiger partial charge in [0.2, 0.25) is 0 Å². The highest BCUT2D eigenvalue weighted by Gasteiger charge is 2.27. The van der Waals surface area contributed by atoms with Crippen LogP contribution in [0.5, 0.6) is 5.75 Å². The Balaban J connectivity index is 2.33. The summed E-state index contributed by atoms with van der Waals surface area (Å²) in [5.41, 5.74) is 1.56. The van der Waals surface area contributed by atoms with Crippen LogP contribution in [0.2, 0.25) is 0 Å². The van der Waals surface area contributed by atoms with Crippen LogP contribution in [0.25, 0.3) is 0 Å². The van der Waals surface area contributed by atoms with Crippen molar-refractivity contribution in [2.24, 2.45) is 0 Å². The molecule has 0 aliphatic rings. The molecule has 2 nitrogen and oxygen atoms in total. The van der Waals surface area contributed by atoms with Crippen LogP contribution < -0.4 is 4.74 Å². The van der Waals surface area contributed by atoms with Gasteiger partial charge >= 0.3 is 0 Å². The van der Waals surface area contributed by atoms with E-state index in [0.717, 1.165) is 23.2 Å². The summed E-state index contributed by atoms with van der Waals surface area (Å²) >= 11 is 0. The van der Waals surface area contributed by atoms with Crippen molar-refractivity contribution < 1.29 is 9.53 Å². The molecule has 2 aromatic rings. The molecule has 0 heterocycles. The summed E-state index contributed by atoms with van der Waals surface area (Å²) in [6.07, 6.45) is 1.67. The van der Waals surface area contributed by atoms with Crippen molar-refractivity contribution in [1.29, 1.82) is 0 Å². The molecule has 0 N–H and O–H groups in total. The van der Waals surface area contributed by atoms with Crippen LogP contribution in [0.15, 0.2) is 54.6 Å². The Morgan fingerprint density at radius 1 is 1.05 bits per heavy atom. The lowest BCUT2D eigenvalue weighted by Crippen LogP contribution is -2.27. The van der Waals surface area contributed by atoms with E-state index < -0.39 is 5.41 Å². The van der Waals surface area contributed by atoms with Crippen LogP contribution in [0.3, 0.4) is 0 Å². The molecule has 1 unspecified atom stereocenters. The molecule has 0 aliphatic heterocycles. The summed E-state index contributed by atoms with van der Waals surface area (Å²) < 4.78 is 5.65. The Bertz CT molecular complexity index is 563. The minimum Gasteiger partial charge on any atom is -0.494 e. The Kier molecular flexibility index (Phi) is 4.57. The first-order valence-electron chi connectivity index (χ1n) is 6.92. The number of hydrogen-bond donors (Lipinski definition) is 0. The summed E-state index contributed by atoms with van der Waals surface area (Å²) in [4.78, 5) is 11.7. The zero-order valence-corrected chi connectivity index (χ0v) is 12.0. The van der Waals surface area contributed by atoms with E-state index in [1.807, 2.05) is 68.4 Å². The van der Waals surface area contributed by atoms with E-state index in [9.17, 15) is 4.79 Å². The molecule has 0 saturated carbocycles. The van der Waals surface area contributed by atoms with E-state index in [2.05, 4.69) is 0 Å². The van der Waals surface area contributed by atoms with Crippen LogP contribution in [0.1, 0.15) is 25.0 Å². The smallest absolute Gasteiger partial charge is 0.130 e. The van der Waals surface area contributed by atoms with Crippen LogP contribution in [-0.2, 0) is 16.6 Å². The standard InChI is InChI=1S/C18H20O2/c1-3-20-17-12-8-7-9-15(17)13-18(2,14-19)16-10-5-4-6-11-16/h4-12,14H,3,13H2,1-2H3. The lowest BCUT2D eigenvalue weighted by Gasteiger charge is -2.25. The Morgan fingerprint density at radius 2 is 1.70 bits per heavy atom. The summed E-state index contributed by atoms with van der Waals surface area (Å²) in [6, 6.07) is 17.8. The summed E-state index contributed by atoms with van der Waals surface area (Å²) in [7, 11) is 0. The largest absolute Gasteiger partial charge is 0.494 e. The SMILES string of the molecule is CCOc1ccccc1CC(C)(C=O)c1ccccc1. The van der Waals surface area contributed by atoms with E-state index in [4.69, 9.17) is 4.74 Å². The van der Waals surface area contributed by atoms with Crippen molar-refractivity contribution in [2.75, 3.05) is 6.61 Å². The van der Waals surface area contributed by atoms with E-state index in [1.165, 1.54) is 0 Å². The van der Waals surface area contributed by atoms with Gasteiger partial charge in [-0.3, -0.25) is 0 Å². The molecule has 20 heavy (non-hydrogen) atoms. The van der Waals surface area contributed by atoms with Gasteiger partial charge in [0.1, 0.15) is 12.0 Å². The number of ether oxygens (including phenoxy) is 1. The second-order valence-corrected chi connectivity index (χ2v) is 5.12. The minimum absolute atomic E-state index is 0.533. The molecular weight excluding hydrogens is 248 g/mol. The molecule has 104 valence electrons.